The number of carbonyl (C=O) groups is 1. The molecule has 5 nitrogen and oxygen atoms in total. The topological polar surface area (TPSA) is 49.6 Å². The molecule has 0 bridgehead atoms. The van der Waals surface area contributed by atoms with Crippen molar-refractivity contribution >= 4 is 5.91 Å². The van der Waals surface area contributed by atoms with E-state index in [1.54, 1.807) is 6.92 Å². The van der Waals surface area contributed by atoms with Crippen molar-refractivity contribution in [1.29, 1.82) is 0 Å². The normalized spacial score (nSPS) is 16.0. The lowest BCUT2D eigenvalue weighted by Gasteiger charge is -2.35. The average Bonchev–Trinajstić information content (AvgIpc) is 3.03. The summed E-state index contributed by atoms with van der Waals surface area (Å²) in [6.07, 6.45) is 0.882. The molecule has 1 saturated heterocycles. The molecule has 1 amide bonds. The summed E-state index contributed by atoms with van der Waals surface area (Å²) in [5, 5.41) is 4.13. The van der Waals surface area contributed by atoms with Gasteiger partial charge in [-0.2, -0.15) is 0 Å². The Balaban J connectivity index is 1.57. The first kappa shape index (κ1) is 19.5. The first-order valence-electron chi connectivity index (χ1n) is 9.48. The minimum atomic E-state index is -0.236. The van der Waals surface area contributed by atoms with E-state index in [2.05, 4.69) is 10.1 Å². The Bertz CT molecular complexity index is 785. The van der Waals surface area contributed by atoms with Crippen LogP contribution >= 0.6 is 0 Å². The van der Waals surface area contributed by atoms with Gasteiger partial charge in [0.2, 0.25) is 0 Å². The number of aromatic nitrogens is 1. The molecule has 6 heteroatoms. The van der Waals surface area contributed by atoms with E-state index >= 15 is 0 Å². The Morgan fingerprint density at radius 1 is 1.15 bits per heavy atom. The average molecular weight is 373 g/mol. The lowest BCUT2D eigenvalue weighted by atomic mass is 9.88. The van der Waals surface area contributed by atoms with Gasteiger partial charge in [-0.1, -0.05) is 38.1 Å². The highest BCUT2D eigenvalue weighted by Gasteiger charge is 2.32. The van der Waals surface area contributed by atoms with Gasteiger partial charge in [0.1, 0.15) is 22.8 Å². The summed E-state index contributed by atoms with van der Waals surface area (Å²) in [5.74, 6) is 0.394. The number of piperazine rings is 1. The molecule has 1 aliphatic rings. The predicted octanol–water partition coefficient (Wildman–Crippen LogP) is 3.42. The molecular weight excluding hydrogens is 345 g/mol. The standard InChI is InChI=1S/C21H28FN3O2/c1-15-18(19(23-27-15)21(2,3)4)20(26)25-13-11-24(12-14-25)10-9-16-5-7-17(22)8-6-16/h5-8H,9-14H2,1-4H3. The number of benzene rings is 1. The zero-order valence-electron chi connectivity index (χ0n) is 16.6. The van der Waals surface area contributed by atoms with Crippen LogP contribution in [0.4, 0.5) is 4.39 Å². The van der Waals surface area contributed by atoms with E-state index in [9.17, 15) is 9.18 Å². The first-order valence-corrected chi connectivity index (χ1v) is 9.48. The van der Waals surface area contributed by atoms with Crippen molar-refractivity contribution in [1.82, 2.24) is 15.0 Å². The lowest BCUT2D eigenvalue weighted by Crippen LogP contribution is -2.49. The quantitative estimate of drug-likeness (QED) is 0.824. The summed E-state index contributed by atoms with van der Waals surface area (Å²) in [6, 6.07) is 6.66. The van der Waals surface area contributed by atoms with Crippen molar-refractivity contribution in [3.05, 3.63) is 52.7 Å². The van der Waals surface area contributed by atoms with Crippen LogP contribution in [0.5, 0.6) is 0 Å². The van der Waals surface area contributed by atoms with Crippen LogP contribution in [0.2, 0.25) is 0 Å². The van der Waals surface area contributed by atoms with Crippen molar-refractivity contribution in [2.24, 2.45) is 0 Å². The highest BCUT2D eigenvalue weighted by Crippen LogP contribution is 2.28. The molecule has 2 heterocycles. The molecule has 1 aromatic heterocycles. The van der Waals surface area contributed by atoms with Gasteiger partial charge in [-0.15, -0.1) is 0 Å². The Labute approximate surface area is 160 Å². The molecule has 0 radical (unpaired) electrons. The Hall–Kier alpha value is -2.21. The second kappa shape index (κ2) is 7.80. The van der Waals surface area contributed by atoms with Crippen LogP contribution in [-0.4, -0.2) is 53.6 Å². The minimum absolute atomic E-state index is 0.0110. The Morgan fingerprint density at radius 2 is 1.78 bits per heavy atom. The fourth-order valence-electron chi connectivity index (χ4n) is 3.41. The monoisotopic (exact) mass is 373 g/mol. The zero-order valence-corrected chi connectivity index (χ0v) is 16.6. The third-order valence-electron chi connectivity index (χ3n) is 5.08. The smallest absolute Gasteiger partial charge is 0.259 e. The Morgan fingerprint density at radius 3 is 2.37 bits per heavy atom. The Kier molecular flexibility index (Phi) is 5.65. The van der Waals surface area contributed by atoms with Crippen LogP contribution < -0.4 is 0 Å². The maximum Gasteiger partial charge on any atom is 0.259 e. The van der Waals surface area contributed by atoms with Crippen molar-refractivity contribution in [3.8, 4) is 0 Å². The van der Waals surface area contributed by atoms with E-state index in [1.807, 2.05) is 37.8 Å². The van der Waals surface area contributed by atoms with Gasteiger partial charge in [0.05, 0.1) is 0 Å². The fraction of sp³-hybridized carbons (Fsp3) is 0.524. The number of rotatable bonds is 4. The first-order chi connectivity index (χ1) is 12.8. The number of amides is 1. The molecule has 1 fully saturated rings. The number of nitrogens with zero attached hydrogens (tertiary/aromatic N) is 3. The third kappa shape index (κ3) is 4.56. The molecule has 0 saturated carbocycles. The van der Waals surface area contributed by atoms with E-state index in [0.29, 0.717) is 24.4 Å². The number of hydrogen-bond acceptors (Lipinski definition) is 4. The van der Waals surface area contributed by atoms with E-state index in [4.69, 9.17) is 4.52 Å². The summed E-state index contributed by atoms with van der Waals surface area (Å²) in [7, 11) is 0. The maximum absolute atomic E-state index is 13.0. The summed E-state index contributed by atoms with van der Waals surface area (Å²) in [5.41, 5.74) is 2.23. The van der Waals surface area contributed by atoms with E-state index in [0.717, 1.165) is 37.3 Å². The molecular formula is C21H28FN3O2. The summed E-state index contributed by atoms with van der Waals surface area (Å²) in [4.78, 5) is 17.3. The van der Waals surface area contributed by atoms with Crippen molar-refractivity contribution in [2.45, 2.75) is 39.5 Å². The second-order valence-electron chi connectivity index (χ2n) is 8.22. The number of halogens is 1. The van der Waals surface area contributed by atoms with Crippen LogP contribution in [0.3, 0.4) is 0 Å². The van der Waals surface area contributed by atoms with Gasteiger partial charge in [0, 0.05) is 38.1 Å². The van der Waals surface area contributed by atoms with Gasteiger partial charge in [-0.05, 0) is 31.0 Å². The molecule has 0 spiro atoms. The maximum atomic E-state index is 13.0. The van der Waals surface area contributed by atoms with E-state index in [-0.39, 0.29) is 17.1 Å². The summed E-state index contributed by atoms with van der Waals surface area (Å²) < 4.78 is 18.3. The molecule has 3 rings (SSSR count). The van der Waals surface area contributed by atoms with Gasteiger partial charge in [-0.25, -0.2) is 4.39 Å². The highest BCUT2D eigenvalue weighted by atomic mass is 19.1. The molecule has 146 valence electrons. The molecule has 0 N–H and O–H groups in total. The molecule has 0 atom stereocenters. The van der Waals surface area contributed by atoms with Crippen molar-refractivity contribution < 1.29 is 13.7 Å². The van der Waals surface area contributed by atoms with Crippen molar-refractivity contribution in [2.75, 3.05) is 32.7 Å². The zero-order chi connectivity index (χ0) is 19.6. The van der Waals surface area contributed by atoms with Gasteiger partial charge < -0.3 is 9.42 Å². The second-order valence-corrected chi connectivity index (χ2v) is 8.22. The molecule has 0 aliphatic carbocycles. The van der Waals surface area contributed by atoms with Crippen LogP contribution in [0, 0.1) is 12.7 Å². The van der Waals surface area contributed by atoms with Crippen LogP contribution in [0.15, 0.2) is 28.8 Å². The summed E-state index contributed by atoms with van der Waals surface area (Å²) in [6.45, 7) is 11.9. The van der Waals surface area contributed by atoms with Gasteiger partial charge in [0.15, 0.2) is 0 Å². The lowest BCUT2D eigenvalue weighted by molar-refractivity contribution is 0.0634. The van der Waals surface area contributed by atoms with Crippen LogP contribution in [0.25, 0.3) is 0 Å². The minimum Gasteiger partial charge on any atom is -0.361 e. The van der Waals surface area contributed by atoms with Crippen LogP contribution in [-0.2, 0) is 11.8 Å². The molecule has 1 aromatic carbocycles. The fourth-order valence-corrected chi connectivity index (χ4v) is 3.41. The molecule has 2 aromatic rings. The van der Waals surface area contributed by atoms with E-state index < -0.39 is 0 Å². The van der Waals surface area contributed by atoms with Gasteiger partial charge >= 0.3 is 0 Å². The highest BCUT2D eigenvalue weighted by molar-refractivity contribution is 5.96. The molecule has 27 heavy (non-hydrogen) atoms. The molecule has 0 unspecified atom stereocenters. The van der Waals surface area contributed by atoms with Crippen molar-refractivity contribution in [3.63, 3.8) is 0 Å². The number of carbonyl (C=O) groups excluding carboxylic acids is 1. The third-order valence-corrected chi connectivity index (χ3v) is 5.08. The predicted molar refractivity (Wildman–Crippen MR) is 102 cm³/mol. The van der Waals surface area contributed by atoms with Crippen LogP contribution in [0.1, 0.15) is 48.1 Å². The number of hydrogen-bond donors (Lipinski definition) is 0. The number of aryl methyl sites for hydroxylation is 1. The van der Waals surface area contributed by atoms with E-state index in [1.165, 1.54) is 12.1 Å². The largest absolute Gasteiger partial charge is 0.361 e. The van der Waals surface area contributed by atoms with Gasteiger partial charge in [-0.3, -0.25) is 9.69 Å². The van der Waals surface area contributed by atoms with Gasteiger partial charge in [0.25, 0.3) is 5.91 Å². The molecule has 1 aliphatic heterocycles. The summed E-state index contributed by atoms with van der Waals surface area (Å²) >= 11 is 0. The SMILES string of the molecule is Cc1onc(C(C)(C)C)c1C(=O)N1CCN(CCc2ccc(F)cc2)CC1.